The molecule has 38 heavy (non-hydrogen) atoms. The van der Waals surface area contributed by atoms with Crippen molar-refractivity contribution >= 4 is 57.9 Å². The van der Waals surface area contributed by atoms with E-state index in [0.29, 0.717) is 21.2 Å². The molecule has 0 saturated carbocycles. The lowest BCUT2D eigenvalue weighted by molar-refractivity contribution is -0.121. The summed E-state index contributed by atoms with van der Waals surface area (Å²) in [6, 6.07) is 24.1. The van der Waals surface area contributed by atoms with Crippen LogP contribution in [0.1, 0.15) is 31.2 Å². The monoisotopic (exact) mass is 536 g/mol. The highest BCUT2D eigenvalue weighted by Gasteiger charge is 2.70. The highest BCUT2D eigenvalue weighted by Crippen LogP contribution is 2.58. The molecule has 3 aliphatic heterocycles. The number of rotatable bonds is 4. The van der Waals surface area contributed by atoms with E-state index in [0.717, 1.165) is 16.8 Å². The quantitative estimate of drug-likeness (QED) is 0.313. The number of amides is 1. The first-order valence-electron chi connectivity index (χ1n) is 12.4. The number of ketones is 2. The van der Waals surface area contributed by atoms with Gasteiger partial charge in [-0.05, 0) is 46.8 Å². The number of hydrogen-bond donors (Lipinski definition) is 1. The van der Waals surface area contributed by atoms with Crippen molar-refractivity contribution in [2.24, 2.45) is 5.92 Å². The smallest absolute Gasteiger partial charge is 0.238 e. The number of carbonyl (C=O) groups is 3. The van der Waals surface area contributed by atoms with Crippen LogP contribution in [-0.4, -0.2) is 29.6 Å². The van der Waals surface area contributed by atoms with Crippen LogP contribution in [0.4, 0.5) is 11.4 Å². The van der Waals surface area contributed by atoms with Gasteiger partial charge in [-0.3, -0.25) is 14.4 Å². The highest BCUT2D eigenvalue weighted by molar-refractivity contribution is 7.12. The average Bonchev–Trinajstić information content (AvgIpc) is 3.65. The number of anilines is 2. The van der Waals surface area contributed by atoms with Crippen molar-refractivity contribution in [2.75, 3.05) is 10.2 Å². The number of fused-ring (bicyclic) bond motifs is 6. The molecule has 1 saturated heterocycles. The number of nitrogens with one attached hydrogen (secondary N) is 1. The van der Waals surface area contributed by atoms with Gasteiger partial charge in [-0.1, -0.05) is 78.4 Å². The lowest BCUT2D eigenvalue weighted by atomic mass is 9.64. The Bertz CT molecular complexity index is 1650. The number of thiophene rings is 1. The Balaban J connectivity index is 1.55. The van der Waals surface area contributed by atoms with Gasteiger partial charge in [-0.15, -0.1) is 11.3 Å². The van der Waals surface area contributed by atoms with E-state index in [4.69, 9.17) is 11.6 Å². The molecular weight excluding hydrogens is 516 g/mol. The summed E-state index contributed by atoms with van der Waals surface area (Å²) < 4.78 is 0. The zero-order valence-electron chi connectivity index (χ0n) is 20.0. The predicted molar refractivity (Wildman–Crippen MR) is 150 cm³/mol. The summed E-state index contributed by atoms with van der Waals surface area (Å²) in [7, 11) is 0. The van der Waals surface area contributed by atoms with E-state index in [9.17, 15) is 14.4 Å². The third kappa shape index (κ3) is 3.08. The molecule has 5 nitrogen and oxygen atoms in total. The van der Waals surface area contributed by atoms with Crippen molar-refractivity contribution in [3.8, 4) is 0 Å². The number of hydrogen-bond acceptors (Lipinski definition) is 5. The van der Waals surface area contributed by atoms with E-state index >= 15 is 0 Å². The maximum atomic E-state index is 14.6. The lowest BCUT2D eigenvalue weighted by Crippen LogP contribution is -2.51. The lowest BCUT2D eigenvalue weighted by Gasteiger charge is -2.37. The Morgan fingerprint density at radius 2 is 1.71 bits per heavy atom. The Kier molecular flexibility index (Phi) is 5.18. The first-order chi connectivity index (χ1) is 18.5. The standard InChI is InChI=1S/C31H21ClN2O3S/c32-20-13-14-23-19(17-20)12-15-25-31(21-9-4-5-10-22(21)33-30(31)37)26(28(35)18-7-2-1-3-8-18)27(34(23)25)29(36)24-11-6-16-38-24/h1-17,25-27H,(H,33,37)/t25-,26+,27+,31-/m1/s1. The van der Waals surface area contributed by atoms with Gasteiger partial charge in [-0.25, -0.2) is 0 Å². The van der Waals surface area contributed by atoms with E-state index in [1.54, 1.807) is 36.4 Å². The fraction of sp³-hybridized carbons (Fsp3) is 0.129. The van der Waals surface area contributed by atoms with Gasteiger partial charge in [0, 0.05) is 22.0 Å². The second-order valence-corrected chi connectivity index (χ2v) is 11.2. The molecule has 1 spiro atoms. The number of carbonyl (C=O) groups excluding carboxylic acids is 3. The largest absolute Gasteiger partial charge is 0.352 e. The van der Waals surface area contributed by atoms with Crippen LogP contribution in [0, 0.1) is 5.92 Å². The van der Waals surface area contributed by atoms with Gasteiger partial charge in [-0.2, -0.15) is 0 Å². The molecule has 1 N–H and O–H groups in total. The second-order valence-electron chi connectivity index (χ2n) is 9.78. The summed E-state index contributed by atoms with van der Waals surface area (Å²) in [5, 5.41) is 5.47. The van der Waals surface area contributed by atoms with Gasteiger partial charge >= 0.3 is 0 Å². The van der Waals surface area contributed by atoms with E-state index in [-0.39, 0.29) is 17.5 Å². The maximum absolute atomic E-state index is 14.6. The summed E-state index contributed by atoms with van der Waals surface area (Å²) >= 11 is 7.67. The number of para-hydroxylation sites is 1. The van der Waals surface area contributed by atoms with Crippen LogP contribution in [0.5, 0.6) is 0 Å². The third-order valence-electron chi connectivity index (χ3n) is 7.97. The second kappa shape index (κ2) is 8.51. The van der Waals surface area contributed by atoms with Gasteiger partial charge in [0.15, 0.2) is 11.6 Å². The topological polar surface area (TPSA) is 66.5 Å². The van der Waals surface area contributed by atoms with Crippen LogP contribution < -0.4 is 10.2 Å². The van der Waals surface area contributed by atoms with Crippen molar-refractivity contribution in [1.82, 2.24) is 0 Å². The minimum Gasteiger partial charge on any atom is -0.352 e. The van der Waals surface area contributed by atoms with E-state index in [1.165, 1.54) is 11.3 Å². The van der Waals surface area contributed by atoms with Crippen LogP contribution in [0.15, 0.2) is 96.4 Å². The molecule has 0 bridgehead atoms. The molecule has 0 aliphatic carbocycles. The zero-order valence-corrected chi connectivity index (χ0v) is 21.6. The van der Waals surface area contributed by atoms with Crippen LogP contribution in [0.3, 0.4) is 0 Å². The van der Waals surface area contributed by atoms with Crippen molar-refractivity contribution in [1.29, 1.82) is 0 Å². The molecule has 186 valence electrons. The number of halogens is 1. The van der Waals surface area contributed by atoms with E-state index in [2.05, 4.69) is 5.32 Å². The Hall–Kier alpha value is -4.00. The molecule has 3 aliphatic rings. The van der Waals surface area contributed by atoms with Crippen molar-refractivity contribution in [3.05, 3.63) is 123 Å². The average molecular weight is 537 g/mol. The molecule has 4 atom stereocenters. The van der Waals surface area contributed by atoms with E-state index < -0.39 is 23.4 Å². The minimum absolute atomic E-state index is 0.176. The fourth-order valence-electron chi connectivity index (χ4n) is 6.50. The van der Waals surface area contributed by atoms with Crippen LogP contribution in [0.2, 0.25) is 5.02 Å². The van der Waals surface area contributed by atoms with Crippen LogP contribution >= 0.6 is 22.9 Å². The maximum Gasteiger partial charge on any atom is 0.238 e. The van der Waals surface area contributed by atoms with E-state index in [1.807, 2.05) is 71.0 Å². The molecule has 1 amide bonds. The summed E-state index contributed by atoms with van der Waals surface area (Å²) in [6.45, 7) is 0. The number of Topliss-reactive ketones (excluding diaryl/α,β-unsaturated/α-hetero) is 2. The summed E-state index contributed by atoms with van der Waals surface area (Å²) in [5.74, 6) is -1.65. The predicted octanol–water partition coefficient (Wildman–Crippen LogP) is 6.26. The van der Waals surface area contributed by atoms with Gasteiger partial charge in [0.2, 0.25) is 5.91 Å². The van der Waals surface area contributed by atoms with Crippen molar-refractivity contribution in [3.63, 3.8) is 0 Å². The van der Waals surface area contributed by atoms with Gasteiger partial charge in [0.1, 0.15) is 11.5 Å². The molecule has 3 aromatic carbocycles. The molecule has 0 unspecified atom stereocenters. The van der Waals surface area contributed by atoms with Crippen LogP contribution in [0.25, 0.3) is 6.08 Å². The SMILES string of the molecule is O=C(c1cccs1)[C@@H]1[C@@H](C(=O)c2ccccc2)[C@]2(C(=O)Nc3ccccc32)[C@H]2C=Cc3cc(Cl)ccc3N12. The van der Waals surface area contributed by atoms with Gasteiger partial charge in [0.25, 0.3) is 0 Å². The van der Waals surface area contributed by atoms with Crippen LogP contribution in [-0.2, 0) is 10.2 Å². The van der Waals surface area contributed by atoms with Crippen molar-refractivity contribution < 1.29 is 14.4 Å². The summed E-state index contributed by atoms with van der Waals surface area (Å²) in [5.41, 5.74) is 2.18. The Morgan fingerprint density at radius 3 is 2.50 bits per heavy atom. The van der Waals surface area contributed by atoms with Crippen molar-refractivity contribution in [2.45, 2.75) is 17.5 Å². The number of nitrogens with zero attached hydrogens (tertiary/aromatic N) is 1. The number of benzene rings is 3. The molecule has 7 heteroatoms. The molecular formula is C31H21ClN2O3S. The third-order valence-corrected chi connectivity index (χ3v) is 9.09. The highest BCUT2D eigenvalue weighted by atomic mass is 35.5. The van der Waals surface area contributed by atoms with Gasteiger partial charge < -0.3 is 10.2 Å². The fourth-order valence-corrected chi connectivity index (χ4v) is 7.37. The first-order valence-corrected chi connectivity index (χ1v) is 13.6. The Labute approximate surface area is 228 Å². The first kappa shape index (κ1) is 23.1. The summed E-state index contributed by atoms with van der Waals surface area (Å²) in [6.07, 6.45) is 3.90. The minimum atomic E-state index is -1.31. The summed E-state index contributed by atoms with van der Waals surface area (Å²) in [4.78, 5) is 45.7. The molecule has 4 aromatic rings. The van der Waals surface area contributed by atoms with Gasteiger partial charge in [0.05, 0.1) is 16.8 Å². The molecule has 7 rings (SSSR count). The normalized spacial score (nSPS) is 24.6. The Morgan fingerprint density at radius 1 is 0.921 bits per heavy atom. The molecule has 4 heterocycles. The zero-order chi connectivity index (χ0) is 26.0. The molecule has 1 fully saturated rings. The molecule has 0 radical (unpaired) electrons. The molecule has 1 aromatic heterocycles.